The zero-order valence-corrected chi connectivity index (χ0v) is 26.4. The van der Waals surface area contributed by atoms with Gasteiger partial charge in [-0.3, -0.25) is 9.59 Å². The second-order valence-corrected chi connectivity index (χ2v) is 13.6. The van der Waals surface area contributed by atoms with Crippen LogP contribution >= 0.6 is 0 Å². The van der Waals surface area contributed by atoms with Crippen molar-refractivity contribution in [3.8, 4) is 0 Å². The van der Waals surface area contributed by atoms with E-state index in [9.17, 15) is 9.59 Å². The Bertz CT molecular complexity index is 1610. The molecule has 1 fully saturated rings. The number of carbonyl (C=O) groups is 2. The molecule has 0 radical (unpaired) electrons. The zero-order valence-electron chi connectivity index (χ0n) is 26.4. The van der Waals surface area contributed by atoms with Crippen molar-refractivity contribution in [2.75, 3.05) is 9.80 Å². The Morgan fingerprint density at radius 1 is 0.533 bits per heavy atom. The number of rotatable bonds is 8. The molecule has 6 nitrogen and oxygen atoms in total. The number of ether oxygens (including phenoxy) is 2. The highest BCUT2D eigenvalue weighted by atomic mass is 16.7. The van der Waals surface area contributed by atoms with Gasteiger partial charge < -0.3 is 19.3 Å². The van der Waals surface area contributed by atoms with E-state index in [1.54, 1.807) is 0 Å². The van der Waals surface area contributed by atoms with Crippen molar-refractivity contribution in [1.29, 1.82) is 0 Å². The normalized spacial score (nSPS) is 26.8. The van der Waals surface area contributed by atoms with Gasteiger partial charge in [-0.1, -0.05) is 97.1 Å². The number of benzene rings is 4. The molecule has 0 saturated carbocycles. The Labute approximate surface area is 265 Å². The third-order valence-corrected chi connectivity index (χ3v) is 9.88. The zero-order chi connectivity index (χ0) is 31.4. The monoisotopic (exact) mass is 600 g/mol. The number of anilines is 2. The molecule has 0 spiro atoms. The maximum absolute atomic E-state index is 14.4. The van der Waals surface area contributed by atoms with Crippen molar-refractivity contribution in [3.63, 3.8) is 0 Å². The van der Waals surface area contributed by atoms with Gasteiger partial charge in [0, 0.05) is 11.4 Å². The summed E-state index contributed by atoms with van der Waals surface area (Å²) in [6, 6.07) is 36.4. The van der Waals surface area contributed by atoms with E-state index in [1.807, 2.05) is 110 Å². The van der Waals surface area contributed by atoms with Crippen LogP contribution < -0.4 is 9.80 Å². The van der Waals surface area contributed by atoms with Gasteiger partial charge in [-0.25, -0.2) is 0 Å². The third-order valence-electron chi connectivity index (χ3n) is 9.88. The van der Waals surface area contributed by atoms with Crippen molar-refractivity contribution in [2.24, 2.45) is 0 Å². The van der Waals surface area contributed by atoms with Gasteiger partial charge in [0.25, 0.3) is 0 Å². The number of para-hydroxylation sites is 2. The molecular formula is C39H40N2O4. The standard InChI is InChI=1S/C39H40N2O4/c1-37(2)44-33(23-38(3)29-19-11-13-21-31(29)40(35(38)42)25-27-15-7-5-8-16-27)34(45-37)24-39(4)30-20-12-14-22-32(30)41(36(39)43)26-28-17-9-6-10-18-28/h5-22,33-34H,23-26H2,1-4H3/t33-,34-,38-,39-/m0/s1. The molecule has 7 rings (SSSR count). The highest BCUT2D eigenvalue weighted by Gasteiger charge is 2.56. The highest BCUT2D eigenvalue weighted by molar-refractivity contribution is 6.08. The van der Waals surface area contributed by atoms with Crippen molar-refractivity contribution in [3.05, 3.63) is 131 Å². The summed E-state index contributed by atoms with van der Waals surface area (Å²) in [6.07, 6.45) is 0.112. The summed E-state index contributed by atoms with van der Waals surface area (Å²) in [4.78, 5) is 32.5. The summed E-state index contributed by atoms with van der Waals surface area (Å²) >= 11 is 0. The maximum Gasteiger partial charge on any atom is 0.237 e. The lowest BCUT2D eigenvalue weighted by Crippen LogP contribution is -2.45. The summed E-state index contributed by atoms with van der Waals surface area (Å²) in [5, 5.41) is 0. The molecule has 0 bridgehead atoms. The average molecular weight is 601 g/mol. The second kappa shape index (κ2) is 11.0. The molecule has 2 amide bonds. The van der Waals surface area contributed by atoms with Gasteiger partial charge in [0.2, 0.25) is 11.8 Å². The molecule has 45 heavy (non-hydrogen) atoms. The van der Waals surface area contributed by atoms with Crippen LogP contribution in [0.3, 0.4) is 0 Å². The number of hydrogen-bond donors (Lipinski definition) is 0. The van der Waals surface area contributed by atoms with Gasteiger partial charge in [0.05, 0.1) is 36.1 Å². The fraction of sp³-hybridized carbons (Fsp3) is 0.333. The summed E-state index contributed by atoms with van der Waals surface area (Å²) in [6.45, 7) is 8.91. The van der Waals surface area contributed by atoms with Crippen molar-refractivity contribution >= 4 is 23.2 Å². The van der Waals surface area contributed by atoms with Crippen molar-refractivity contribution in [1.82, 2.24) is 0 Å². The van der Waals surface area contributed by atoms with E-state index in [1.165, 1.54) is 0 Å². The molecule has 0 N–H and O–H groups in total. The largest absolute Gasteiger partial charge is 0.345 e. The Morgan fingerprint density at radius 3 is 1.29 bits per heavy atom. The van der Waals surface area contributed by atoms with Gasteiger partial charge in [-0.05, 0) is 74.9 Å². The molecule has 0 aromatic heterocycles. The molecule has 230 valence electrons. The lowest BCUT2D eigenvalue weighted by atomic mass is 9.74. The lowest BCUT2D eigenvalue weighted by Gasteiger charge is -2.32. The Morgan fingerprint density at radius 2 is 0.889 bits per heavy atom. The van der Waals surface area contributed by atoms with E-state index in [4.69, 9.17) is 9.47 Å². The van der Waals surface area contributed by atoms with E-state index < -0.39 is 28.8 Å². The van der Waals surface area contributed by atoms with Gasteiger partial charge in [-0.2, -0.15) is 0 Å². The third kappa shape index (κ3) is 5.06. The van der Waals surface area contributed by atoms with Crippen LogP contribution in [0, 0.1) is 0 Å². The second-order valence-electron chi connectivity index (χ2n) is 13.6. The predicted octanol–water partition coefficient (Wildman–Crippen LogP) is 7.30. The minimum atomic E-state index is -0.849. The maximum atomic E-state index is 14.4. The van der Waals surface area contributed by atoms with Crippen LogP contribution in [0.25, 0.3) is 0 Å². The van der Waals surface area contributed by atoms with Crippen LogP contribution in [0.4, 0.5) is 11.4 Å². The van der Waals surface area contributed by atoms with Gasteiger partial charge in [0.1, 0.15) is 0 Å². The van der Waals surface area contributed by atoms with E-state index in [-0.39, 0.29) is 11.8 Å². The molecule has 6 heteroatoms. The smallest absolute Gasteiger partial charge is 0.237 e. The minimum absolute atomic E-state index is 0.0575. The van der Waals surface area contributed by atoms with Crippen molar-refractivity contribution < 1.29 is 19.1 Å². The van der Waals surface area contributed by atoms with Gasteiger partial charge in [-0.15, -0.1) is 0 Å². The topological polar surface area (TPSA) is 59.1 Å². The Balaban J connectivity index is 1.19. The SMILES string of the molecule is CC1(C)O[C@@H](C[C@]2(C)C(=O)N(Cc3ccccc3)c3ccccc32)[C@H](C[C@]2(C)C(=O)N(Cc3ccccc3)c3ccccc32)O1. The number of nitrogens with zero attached hydrogens (tertiary/aromatic N) is 2. The summed E-state index contributed by atoms with van der Waals surface area (Å²) in [5.41, 5.74) is 4.41. The molecule has 3 aliphatic heterocycles. The molecule has 4 aromatic carbocycles. The Hall–Kier alpha value is -4.26. The first-order valence-corrected chi connectivity index (χ1v) is 15.9. The average Bonchev–Trinajstić information content (AvgIpc) is 3.52. The summed E-state index contributed by atoms with van der Waals surface area (Å²) in [7, 11) is 0. The fourth-order valence-electron chi connectivity index (χ4n) is 7.70. The minimum Gasteiger partial charge on any atom is -0.345 e. The van der Waals surface area contributed by atoms with E-state index in [2.05, 4.69) is 36.4 Å². The van der Waals surface area contributed by atoms with E-state index in [0.29, 0.717) is 25.9 Å². The number of hydrogen-bond acceptors (Lipinski definition) is 4. The van der Waals surface area contributed by atoms with Crippen molar-refractivity contribution in [2.45, 2.75) is 82.5 Å². The van der Waals surface area contributed by atoms with Gasteiger partial charge in [0.15, 0.2) is 5.79 Å². The van der Waals surface area contributed by atoms with E-state index in [0.717, 1.165) is 33.6 Å². The fourth-order valence-corrected chi connectivity index (χ4v) is 7.70. The molecular weight excluding hydrogens is 560 g/mol. The summed E-state index contributed by atoms with van der Waals surface area (Å²) < 4.78 is 13.2. The Kier molecular flexibility index (Phi) is 7.18. The predicted molar refractivity (Wildman–Crippen MR) is 176 cm³/mol. The number of amides is 2. The quantitative estimate of drug-likeness (QED) is 0.213. The van der Waals surface area contributed by atoms with Crippen LogP contribution in [0.15, 0.2) is 109 Å². The molecule has 0 unspecified atom stereocenters. The summed E-state index contributed by atoms with van der Waals surface area (Å²) in [5.74, 6) is -0.734. The van der Waals surface area contributed by atoms with Crippen LogP contribution in [0.1, 0.15) is 62.8 Å². The van der Waals surface area contributed by atoms with Crippen LogP contribution in [-0.2, 0) is 43.0 Å². The number of carbonyl (C=O) groups excluding carboxylic acids is 2. The lowest BCUT2D eigenvalue weighted by molar-refractivity contribution is -0.151. The molecule has 4 atom stereocenters. The molecule has 0 aliphatic carbocycles. The van der Waals surface area contributed by atoms with Gasteiger partial charge >= 0.3 is 0 Å². The molecule has 3 aliphatic rings. The molecule has 4 aromatic rings. The first kappa shape index (κ1) is 29.5. The molecule has 3 heterocycles. The van der Waals surface area contributed by atoms with E-state index >= 15 is 0 Å². The van der Waals surface area contributed by atoms with Crippen LogP contribution in [0.5, 0.6) is 0 Å². The van der Waals surface area contributed by atoms with Crippen LogP contribution in [-0.4, -0.2) is 29.8 Å². The first-order valence-electron chi connectivity index (χ1n) is 15.9. The first-order chi connectivity index (χ1) is 21.6. The number of fused-ring (bicyclic) bond motifs is 2. The highest BCUT2D eigenvalue weighted by Crippen LogP contribution is 2.51. The van der Waals surface area contributed by atoms with Crippen LogP contribution in [0.2, 0.25) is 0 Å². The molecule has 1 saturated heterocycles.